The quantitative estimate of drug-likeness (QED) is 0.525. The monoisotopic (exact) mass is 389 g/mol. The van der Waals surface area contributed by atoms with Crippen LogP contribution in [0.5, 0.6) is 0 Å². The number of aromatic nitrogens is 1. The first kappa shape index (κ1) is 19.8. The smallest absolute Gasteiger partial charge is 0.348 e. The highest BCUT2D eigenvalue weighted by Gasteiger charge is 2.22. The molecule has 1 atom stereocenters. The molecule has 0 saturated carbocycles. The zero-order valence-corrected chi connectivity index (χ0v) is 17.3. The third-order valence-corrected chi connectivity index (χ3v) is 6.52. The van der Waals surface area contributed by atoms with E-state index in [-0.39, 0.29) is 18.5 Å². The van der Waals surface area contributed by atoms with Crippen molar-refractivity contribution in [2.24, 2.45) is 0 Å². The highest BCUT2D eigenvalue weighted by molar-refractivity contribution is 7.14. The Kier molecular flexibility index (Phi) is 6.17. The highest BCUT2D eigenvalue weighted by atomic mass is 32.1. The number of nitrogens with zero attached hydrogens (tertiary/aromatic N) is 1. The van der Waals surface area contributed by atoms with Gasteiger partial charge < -0.3 is 14.0 Å². The van der Waals surface area contributed by atoms with Gasteiger partial charge in [0.25, 0.3) is 0 Å². The number of carbonyl (C=O) groups excluding carboxylic acids is 2. The molecule has 27 heavy (non-hydrogen) atoms. The van der Waals surface area contributed by atoms with Crippen molar-refractivity contribution in [2.75, 3.05) is 13.2 Å². The van der Waals surface area contributed by atoms with Crippen molar-refractivity contribution in [1.82, 2.24) is 4.57 Å². The fourth-order valence-corrected chi connectivity index (χ4v) is 4.62. The van der Waals surface area contributed by atoms with Crippen LogP contribution in [0.3, 0.4) is 0 Å². The number of rotatable bonds is 7. The predicted octanol–water partition coefficient (Wildman–Crippen LogP) is 4.26. The molecule has 0 spiro atoms. The number of hydrogen-bond acceptors (Lipinski definition) is 5. The average Bonchev–Trinajstić information content (AvgIpc) is 3.35. The Hall–Kier alpha value is -1.92. The average molecular weight is 390 g/mol. The summed E-state index contributed by atoms with van der Waals surface area (Å²) in [5, 5.41) is 0. The Morgan fingerprint density at radius 3 is 2.70 bits per heavy atom. The molecule has 3 rings (SSSR count). The van der Waals surface area contributed by atoms with E-state index in [9.17, 15) is 9.59 Å². The molecule has 6 heteroatoms. The van der Waals surface area contributed by atoms with Gasteiger partial charge in [-0.15, -0.1) is 11.3 Å². The van der Waals surface area contributed by atoms with Crippen LogP contribution in [-0.2, 0) is 22.4 Å². The lowest BCUT2D eigenvalue weighted by molar-refractivity contribution is 0.0479. The van der Waals surface area contributed by atoms with Crippen LogP contribution in [0.2, 0.25) is 0 Å². The minimum atomic E-state index is -0.427. The van der Waals surface area contributed by atoms with Crippen LogP contribution in [0.25, 0.3) is 0 Å². The molecule has 0 bridgehead atoms. The summed E-state index contributed by atoms with van der Waals surface area (Å²) >= 11 is 1.44. The molecule has 0 aromatic carbocycles. The summed E-state index contributed by atoms with van der Waals surface area (Å²) in [6.07, 6.45) is 3.25. The molecule has 0 amide bonds. The molecule has 1 aliphatic rings. The summed E-state index contributed by atoms with van der Waals surface area (Å²) in [6.45, 7) is 9.32. The van der Waals surface area contributed by atoms with Gasteiger partial charge in [0.15, 0.2) is 6.61 Å². The van der Waals surface area contributed by atoms with E-state index in [1.165, 1.54) is 16.2 Å². The Morgan fingerprint density at radius 1 is 1.30 bits per heavy atom. The minimum Gasteiger partial charge on any atom is -0.453 e. The molecule has 1 unspecified atom stereocenters. The van der Waals surface area contributed by atoms with Crippen molar-refractivity contribution in [3.05, 3.63) is 44.4 Å². The summed E-state index contributed by atoms with van der Waals surface area (Å²) in [7, 11) is 0. The Labute approximate surface area is 164 Å². The van der Waals surface area contributed by atoms with Gasteiger partial charge in [0, 0.05) is 35.0 Å². The first-order valence-electron chi connectivity index (χ1n) is 9.48. The van der Waals surface area contributed by atoms with Crippen LogP contribution in [-0.4, -0.2) is 35.6 Å². The first-order chi connectivity index (χ1) is 12.9. The molecule has 0 aliphatic carbocycles. The maximum absolute atomic E-state index is 12.6. The lowest BCUT2D eigenvalue weighted by atomic mass is 10.1. The fourth-order valence-electron chi connectivity index (χ4n) is 3.61. The summed E-state index contributed by atoms with van der Waals surface area (Å²) in [5.74, 6) is -0.594. The van der Waals surface area contributed by atoms with Crippen molar-refractivity contribution in [2.45, 2.75) is 59.6 Å². The van der Waals surface area contributed by atoms with Crippen LogP contribution in [0.4, 0.5) is 0 Å². The molecule has 146 valence electrons. The molecular formula is C21H27NO4S. The van der Waals surface area contributed by atoms with E-state index in [0.29, 0.717) is 10.4 Å². The van der Waals surface area contributed by atoms with Crippen molar-refractivity contribution in [3.8, 4) is 0 Å². The molecule has 0 radical (unpaired) electrons. The Morgan fingerprint density at radius 2 is 2.07 bits per heavy atom. The van der Waals surface area contributed by atoms with Crippen molar-refractivity contribution < 1.29 is 19.1 Å². The molecule has 2 aromatic rings. The number of hydrogen-bond donors (Lipinski definition) is 0. The molecule has 0 N–H and O–H groups in total. The van der Waals surface area contributed by atoms with Crippen molar-refractivity contribution >= 4 is 23.1 Å². The van der Waals surface area contributed by atoms with E-state index in [0.717, 1.165) is 49.4 Å². The second-order valence-corrected chi connectivity index (χ2v) is 8.24. The number of aryl methyl sites for hydroxylation is 3. The molecule has 1 saturated heterocycles. The van der Waals surface area contributed by atoms with Gasteiger partial charge in [-0.1, -0.05) is 6.92 Å². The molecule has 1 aliphatic heterocycles. The third kappa shape index (κ3) is 4.33. The molecule has 1 fully saturated rings. The SMILES string of the molecule is CCc1sc(C(=O)OCC(=O)c2cc(C)n(CC3CCCO3)c2C)cc1C. The van der Waals surface area contributed by atoms with Gasteiger partial charge in [-0.05, 0) is 57.7 Å². The van der Waals surface area contributed by atoms with E-state index in [2.05, 4.69) is 11.5 Å². The van der Waals surface area contributed by atoms with Crippen LogP contribution < -0.4 is 0 Å². The predicted molar refractivity (Wildman–Crippen MR) is 106 cm³/mol. The zero-order chi connectivity index (χ0) is 19.6. The van der Waals surface area contributed by atoms with Gasteiger partial charge in [-0.3, -0.25) is 4.79 Å². The number of carbonyl (C=O) groups is 2. The fraction of sp³-hybridized carbons (Fsp3) is 0.524. The van der Waals surface area contributed by atoms with E-state index >= 15 is 0 Å². The maximum Gasteiger partial charge on any atom is 0.348 e. The van der Waals surface area contributed by atoms with Crippen molar-refractivity contribution in [1.29, 1.82) is 0 Å². The van der Waals surface area contributed by atoms with E-state index in [4.69, 9.17) is 9.47 Å². The molecular weight excluding hydrogens is 362 g/mol. The maximum atomic E-state index is 12.6. The van der Waals surface area contributed by atoms with Crippen molar-refractivity contribution in [3.63, 3.8) is 0 Å². The number of ether oxygens (including phenoxy) is 2. The lowest BCUT2D eigenvalue weighted by Crippen LogP contribution is -2.18. The topological polar surface area (TPSA) is 57.5 Å². The summed E-state index contributed by atoms with van der Waals surface area (Å²) < 4.78 is 13.1. The standard InChI is InChI=1S/C21H27NO4S/c1-5-19-13(2)9-20(27-19)21(24)26-12-18(23)17-10-14(3)22(15(17)4)11-16-7-6-8-25-16/h9-10,16H,5-8,11-12H2,1-4H3. The van der Waals surface area contributed by atoms with Crippen LogP contribution in [0.15, 0.2) is 12.1 Å². The third-order valence-electron chi connectivity index (χ3n) is 5.16. The number of ketones is 1. The van der Waals surface area contributed by atoms with E-state index < -0.39 is 5.97 Å². The van der Waals surface area contributed by atoms with Gasteiger partial charge in [0.1, 0.15) is 4.88 Å². The first-order valence-corrected chi connectivity index (χ1v) is 10.3. The number of thiophene rings is 1. The lowest BCUT2D eigenvalue weighted by Gasteiger charge is -2.14. The van der Waals surface area contributed by atoms with Gasteiger partial charge in [0.05, 0.1) is 6.10 Å². The Bertz CT molecular complexity index is 843. The van der Waals surface area contributed by atoms with Gasteiger partial charge in [-0.2, -0.15) is 0 Å². The van der Waals surface area contributed by atoms with E-state index in [1.807, 2.05) is 32.9 Å². The molecule has 2 aromatic heterocycles. The zero-order valence-electron chi connectivity index (χ0n) is 16.5. The summed E-state index contributed by atoms with van der Waals surface area (Å²) in [5.41, 5.74) is 3.65. The summed E-state index contributed by atoms with van der Waals surface area (Å²) in [4.78, 5) is 26.6. The molecule has 3 heterocycles. The minimum absolute atomic E-state index is 0.168. The molecule has 5 nitrogen and oxygen atoms in total. The van der Waals surface area contributed by atoms with Crippen LogP contribution in [0.1, 0.15) is 61.6 Å². The summed E-state index contributed by atoms with van der Waals surface area (Å²) in [6, 6.07) is 3.72. The van der Waals surface area contributed by atoms with Gasteiger partial charge in [0.2, 0.25) is 5.78 Å². The van der Waals surface area contributed by atoms with Gasteiger partial charge >= 0.3 is 5.97 Å². The number of esters is 1. The second-order valence-electron chi connectivity index (χ2n) is 7.10. The largest absolute Gasteiger partial charge is 0.453 e. The van der Waals surface area contributed by atoms with Crippen LogP contribution >= 0.6 is 11.3 Å². The Balaban J connectivity index is 1.64. The van der Waals surface area contributed by atoms with Crippen LogP contribution in [0, 0.1) is 20.8 Å². The number of Topliss-reactive ketones (excluding diaryl/α,β-unsaturated/α-hetero) is 1. The highest BCUT2D eigenvalue weighted by Crippen LogP contribution is 2.24. The van der Waals surface area contributed by atoms with E-state index in [1.54, 1.807) is 0 Å². The normalized spacial score (nSPS) is 16.7. The second kappa shape index (κ2) is 8.40. The van der Waals surface area contributed by atoms with Gasteiger partial charge in [-0.25, -0.2) is 4.79 Å².